The fourth-order valence-corrected chi connectivity index (χ4v) is 3.36. The predicted octanol–water partition coefficient (Wildman–Crippen LogP) is 4.22. The van der Waals surface area contributed by atoms with Gasteiger partial charge >= 0.3 is 6.03 Å². The SMILES string of the molecule is CCC(c1nc2ccccc2c(=O)n1C)N(CC)C(=O)Nc1ccc(F)cc1F. The van der Waals surface area contributed by atoms with Crippen LogP contribution in [0.25, 0.3) is 10.9 Å². The van der Waals surface area contributed by atoms with Crippen molar-refractivity contribution in [2.45, 2.75) is 26.3 Å². The molecule has 0 radical (unpaired) electrons. The highest BCUT2D eigenvalue weighted by atomic mass is 19.1. The van der Waals surface area contributed by atoms with Gasteiger partial charge in [0.15, 0.2) is 0 Å². The molecule has 152 valence electrons. The van der Waals surface area contributed by atoms with Crippen molar-refractivity contribution in [1.29, 1.82) is 0 Å². The summed E-state index contributed by atoms with van der Waals surface area (Å²) in [6.07, 6.45) is 0.492. The zero-order valence-electron chi connectivity index (χ0n) is 16.4. The van der Waals surface area contributed by atoms with E-state index < -0.39 is 23.7 Å². The molecule has 0 saturated heterocycles. The second-order valence-corrected chi connectivity index (χ2v) is 6.62. The van der Waals surface area contributed by atoms with Gasteiger partial charge in [-0.15, -0.1) is 0 Å². The molecule has 0 aliphatic rings. The first-order chi connectivity index (χ1) is 13.9. The number of fused-ring (bicyclic) bond motifs is 1. The van der Waals surface area contributed by atoms with E-state index in [1.54, 1.807) is 38.2 Å². The fraction of sp³-hybridized carbons (Fsp3) is 0.286. The fourth-order valence-electron chi connectivity index (χ4n) is 3.36. The highest BCUT2D eigenvalue weighted by molar-refractivity contribution is 5.89. The van der Waals surface area contributed by atoms with Gasteiger partial charge in [-0.05, 0) is 37.6 Å². The summed E-state index contributed by atoms with van der Waals surface area (Å²) in [6, 6.07) is 8.89. The number of para-hydroxylation sites is 1. The van der Waals surface area contributed by atoms with Crippen molar-refractivity contribution in [1.82, 2.24) is 14.5 Å². The van der Waals surface area contributed by atoms with Gasteiger partial charge in [0.25, 0.3) is 5.56 Å². The summed E-state index contributed by atoms with van der Waals surface area (Å²) in [5.74, 6) is -1.15. The van der Waals surface area contributed by atoms with Crippen molar-refractivity contribution in [3.63, 3.8) is 0 Å². The third kappa shape index (κ3) is 3.96. The minimum Gasteiger partial charge on any atom is -0.315 e. The van der Waals surface area contributed by atoms with Gasteiger partial charge in [-0.1, -0.05) is 19.1 Å². The summed E-state index contributed by atoms with van der Waals surface area (Å²) >= 11 is 0. The van der Waals surface area contributed by atoms with Gasteiger partial charge < -0.3 is 10.2 Å². The van der Waals surface area contributed by atoms with Crippen LogP contribution in [-0.2, 0) is 7.05 Å². The Hall–Kier alpha value is -3.29. The number of halogens is 2. The normalized spacial score (nSPS) is 12.0. The maximum absolute atomic E-state index is 13.9. The van der Waals surface area contributed by atoms with Crippen molar-refractivity contribution in [3.8, 4) is 0 Å². The van der Waals surface area contributed by atoms with E-state index >= 15 is 0 Å². The smallest absolute Gasteiger partial charge is 0.315 e. The molecule has 0 fully saturated rings. The summed E-state index contributed by atoms with van der Waals surface area (Å²) in [5.41, 5.74) is 0.222. The molecule has 2 amide bonds. The number of aromatic nitrogens is 2. The summed E-state index contributed by atoms with van der Waals surface area (Å²) in [4.78, 5) is 31.7. The molecule has 1 heterocycles. The van der Waals surface area contributed by atoms with Crippen molar-refractivity contribution in [2.75, 3.05) is 11.9 Å². The second kappa shape index (κ2) is 8.38. The average Bonchev–Trinajstić information content (AvgIpc) is 2.71. The lowest BCUT2D eigenvalue weighted by Crippen LogP contribution is -2.40. The Morgan fingerprint density at radius 3 is 2.59 bits per heavy atom. The monoisotopic (exact) mass is 400 g/mol. The first-order valence-electron chi connectivity index (χ1n) is 9.35. The molecule has 8 heteroatoms. The number of nitrogens with one attached hydrogen (secondary N) is 1. The van der Waals surface area contributed by atoms with E-state index in [1.165, 1.54) is 15.5 Å². The van der Waals surface area contributed by atoms with E-state index in [1.807, 2.05) is 6.92 Å². The number of nitrogens with zero attached hydrogens (tertiary/aromatic N) is 3. The van der Waals surface area contributed by atoms with Gasteiger partial charge in [0, 0.05) is 19.7 Å². The molecular formula is C21H22F2N4O2. The van der Waals surface area contributed by atoms with Crippen LogP contribution in [-0.4, -0.2) is 27.0 Å². The highest BCUT2D eigenvalue weighted by Gasteiger charge is 2.27. The topological polar surface area (TPSA) is 67.2 Å². The Balaban J connectivity index is 1.99. The Morgan fingerprint density at radius 1 is 1.21 bits per heavy atom. The number of amides is 2. The summed E-state index contributed by atoms with van der Waals surface area (Å²) < 4.78 is 28.5. The zero-order chi connectivity index (χ0) is 21.1. The van der Waals surface area contributed by atoms with Gasteiger partial charge in [-0.2, -0.15) is 0 Å². The minimum absolute atomic E-state index is 0.120. The van der Waals surface area contributed by atoms with E-state index in [4.69, 9.17) is 0 Å². The molecule has 1 atom stereocenters. The summed E-state index contributed by atoms with van der Waals surface area (Å²) in [5, 5.41) is 2.97. The van der Waals surface area contributed by atoms with Crippen LogP contribution in [0.3, 0.4) is 0 Å². The lowest BCUT2D eigenvalue weighted by Gasteiger charge is -2.31. The van der Waals surface area contributed by atoms with Crippen LogP contribution in [0.2, 0.25) is 0 Å². The van der Waals surface area contributed by atoms with E-state index in [9.17, 15) is 18.4 Å². The van der Waals surface area contributed by atoms with Gasteiger partial charge in [-0.25, -0.2) is 18.6 Å². The molecule has 6 nitrogen and oxygen atoms in total. The number of urea groups is 1. The quantitative estimate of drug-likeness (QED) is 0.697. The molecule has 0 spiro atoms. The molecule has 3 rings (SSSR count). The minimum atomic E-state index is -0.862. The lowest BCUT2D eigenvalue weighted by molar-refractivity contribution is 0.185. The van der Waals surface area contributed by atoms with Crippen LogP contribution in [0.5, 0.6) is 0 Å². The number of benzene rings is 2. The molecular weight excluding hydrogens is 378 g/mol. The first-order valence-corrected chi connectivity index (χ1v) is 9.35. The molecule has 1 unspecified atom stereocenters. The van der Waals surface area contributed by atoms with Crippen LogP contribution in [0, 0.1) is 11.6 Å². The summed E-state index contributed by atoms with van der Waals surface area (Å²) in [7, 11) is 1.62. The van der Waals surface area contributed by atoms with Gasteiger partial charge in [-0.3, -0.25) is 9.36 Å². The van der Waals surface area contributed by atoms with E-state index in [-0.39, 0.29) is 11.2 Å². The number of carbonyl (C=O) groups excluding carboxylic acids is 1. The van der Waals surface area contributed by atoms with E-state index in [2.05, 4.69) is 10.3 Å². The van der Waals surface area contributed by atoms with Crippen LogP contribution in [0.1, 0.15) is 32.1 Å². The standard InChI is InChI=1S/C21H22F2N4O2/c1-4-18(19-24-16-9-7-6-8-14(16)20(28)26(19)3)27(5-2)21(29)25-17-11-10-13(22)12-15(17)23/h6-12,18H,4-5H2,1-3H3,(H,25,29). The maximum Gasteiger partial charge on any atom is 0.322 e. The highest BCUT2D eigenvalue weighted by Crippen LogP contribution is 2.25. The molecule has 1 N–H and O–H groups in total. The van der Waals surface area contributed by atoms with Crippen molar-refractivity contribution in [3.05, 3.63) is 70.3 Å². The number of hydrogen-bond acceptors (Lipinski definition) is 3. The van der Waals surface area contributed by atoms with Crippen LogP contribution < -0.4 is 10.9 Å². The van der Waals surface area contributed by atoms with Gasteiger partial charge in [0.05, 0.1) is 22.6 Å². The van der Waals surface area contributed by atoms with E-state index in [0.717, 1.165) is 6.07 Å². The van der Waals surface area contributed by atoms with E-state index in [0.29, 0.717) is 35.8 Å². The maximum atomic E-state index is 13.9. The largest absolute Gasteiger partial charge is 0.322 e. The van der Waals surface area contributed by atoms with Crippen molar-refractivity contribution < 1.29 is 13.6 Å². The Labute approximate surface area is 166 Å². The second-order valence-electron chi connectivity index (χ2n) is 6.62. The van der Waals surface area contributed by atoms with Crippen LogP contribution >= 0.6 is 0 Å². The summed E-state index contributed by atoms with van der Waals surface area (Å²) in [6.45, 7) is 3.96. The van der Waals surface area contributed by atoms with Crippen molar-refractivity contribution in [2.24, 2.45) is 7.05 Å². The molecule has 0 aliphatic heterocycles. The molecule has 0 aliphatic carbocycles. The number of hydrogen-bond donors (Lipinski definition) is 1. The zero-order valence-corrected chi connectivity index (χ0v) is 16.4. The molecule has 0 bridgehead atoms. The molecule has 0 saturated carbocycles. The molecule has 29 heavy (non-hydrogen) atoms. The van der Waals surface area contributed by atoms with Crippen molar-refractivity contribution >= 4 is 22.6 Å². The third-order valence-electron chi connectivity index (χ3n) is 4.85. The third-order valence-corrected chi connectivity index (χ3v) is 4.85. The number of anilines is 1. The average molecular weight is 400 g/mol. The van der Waals surface area contributed by atoms with Gasteiger partial charge in [0.1, 0.15) is 17.5 Å². The number of carbonyl (C=O) groups is 1. The Kier molecular flexibility index (Phi) is 5.91. The lowest BCUT2D eigenvalue weighted by atomic mass is 10.1. The first kappa shape index (κ1) is 20.4. The predicted molar refractivity (Wildman–Crippen MR) is 108 cm³/mol. The Bertz CT molecular complexity index is 1110. The van der Waals surface area contributed by atoms with Gasteiger partial charge in [0.2, 0.25) is 0 Å². The molecule has 3 aromatic rings. The Morgan fingerprint density at radius 2 is 1.93 bits per heavy atom. The molecule has 1 aromatic heterocycles. The number of rotatable bonds is 5. The van der Waals surface area contributed by atoms with Crippen LogP contribution in [0.4, 0.5) is 19.3 Å². The van der Waals surface area contributed by atoms with Crippen LogP contribution in [0.15, 0.2) is 47.3 Å². The molecule has 2 aromatic carbocycles.